The largest absolute Gasteiger partial charge is 0.311 e. The van der Waals surface area contributed by atoms with Gasteiger partial charge in [0.05, 0.1) is 0 Å². The summed E-state index contributed by atoms with van der Waals surface area (Å²) in [4.78, 5) is 2.58. The van der Waals surface area contributed by atoms with E-state index in [4.69, 9.17) is 0 Å². The Kier molecular flexibility index (Phi) is 5.36. The second-order valence-corrected chi connectivity index (χ2v) is 5.62. The van der Waals surface area contributed by atoms with Crippen molar-refractivity contribution in [3.63, 3.8) is 0 Å². The van der Waals surface area contributed by atoms with Crippen molar-refractivity contribution in [2.45, 2.75) is 12.5 Å². The molecule has 1 aromatic rings. The summed E-state index contributed by atoms with van der Waals surface area (Å²) in [5.74, 6) is 1.25. The van der Waals surface area contributed by atoms with E-state index in [9.17, 15) is 0 Å². The Morgan fingerprint density at radius 1 is 1.35 bits per heavy atom. The summed E-state index contributed by atoms with van der Waals surface area (Å²) in [6.07, 6.45) is 3.33. The topological polar surface area (TPSA) is 15.3 Å². The molecule has 1 N–H and O–H groups in total. The molecule has 1 atom stereocenters. The number of nitrogens with one attached hydrogen (secondary N) is 1. The summed E-state index contributed by atoms with van der Waals surface area (Å²) in [6.45, 7) is 4.75. The average molecular weight is 250 g/mol. The fraction of sp³-hybridized carbons (Fsp3) is 0.571. The van der Waals surface area contributed by atoms with Crippen molar-refractivity contribution in [3.05, 3.63) is 35.9 Å². The van der Waals surface area contributed by atoms with Crippen LogP contribution >= 0.6 is 11.8 Å². The van der Waals surface area contributed by atoms with Crippen LogP contribution in [0.3, 0.4) is 0 Å². The van der Waals surface area contributed by atoms with Crippen LogP contribution in [0, 0.1) is 0 Å². The van der Waals surface area contributed by atoms with E-state index in [1.165, 1.54) is 31.0 Å². The summed E-state index contributed by atoms with van der Waals surface area (Å²) >= 11 is 1.94. The minimum absolute atomic E-state index is 0.619. The van der Waals surface area contributed by atoms with Crippen molar-refractivity contribution in [2.24, 2.45) is 0 Å². The molecule has 94 valence electrons. The maximum absolute atomic E-state index is 3.63. The molecule has 1 saturated heterocycles. The highest BCUT2D eigenvalue weighted by Gasteiger charge is 2.18. The molecule has 1 aliphatic heterocycles. The lowest BCUT2D eigenvalue weighted by Crippen LogP contribution is -2.51. The number of rotatable bonds is 5. The first kappa shape index (κ1) is 12.9. The predicted molar refractivity (Wildman–Crippen MR) is 76.8 cm³/mol. The lowest BCUT2D eigenvalue weighted by atomic mass is 10.0. The molecule has 0 radical (unpaired) electrons. The van der Waals surface area contributed by atoms with E-state index in [1.807, 2.05) is 11.8 Å². The molecule has 2 nitrogen and oxygen atoms in total. The number of nitrogens with zero attached hydrogens (tertiary/aromatic N) is 1. The second kappa shape index (κ2) is 7.04. The molecule has 1 fully saturated rings. The average Bonchev–Trinajstić information content (AvgIpc) is 2.38. The molecular formula is C14H22N2S. The summed E-state index contributed by atoms with van der Waals surface area (Å²) < 4.78 is 0. The van der Waals surface area contributed by atoms with Gasteiger partial charge in [-0.25, -0.2) is 0 Å². The first-order chi connectivity index (χ1) is 8.38. The molecule has 0 aliphatic carbocycles. The minimum atomic E-state index is 0.619. The van der Waals surface area contributed by atoms with Gasteiger partial charge in [0.1, 0.15) is 0 Å². The van der Waals surface area contributed by atoms with Gasteiger partial charge in [0.15, 0.2) is 0 Å². The molecule has 0 spiro atoms. The summed E-state index contributed by atoms with van der Waals surface area (Å²) in [7, 11) is 0. The Hall–Kier alpha value is -0.510. The van der Waals surface area contributed by atoms with Crippen LogP contribution in [0.25, 0.3) is 0 Å². The summed E-state index contributed by atoms with van der Waals surface area (Å²) in [6, 6.07) is 11.4. The zero-order valence-corrected chi connectivity index (χ0v) is 11.4. The molecule has 0 saturated carbocycles. The predicted octanol–water partition coefficient (Wildman–Crippen LogP) is 1.87. The molecule has 1 heterocycles. The lowest BCUT2D eigenvalue weighted by molar-refractivity contribution is 0.210. The molecule has 17 heavy (non-hydrogen) atoms. The van der Waals surface area contributed by atoms with E-state index in [0.717, 1.165) is 13.0 Å². The van der Waals surface area contributed by atoms with Crippen molar-refractivity contribution in [1.82, 2.24) is 10.2 Å². The van der Waals surface area contributed by atoms with Crippen LogP contribution in [-0.4, -0.2) is 49.1 Å². The highest BCUT2D eigenvalue weighted by molar-refractivity contribution is 7.98. The molecule has 0 aromatic heterocycles. The third-order valence-electron chi connectivity index (χ3n) is 3.28. The van der Waals surface area contributed by atoms with E-state index in [1.54, 1.807) is 0 Å². The number of hydrogen-bond donors (Lipinski definition) is 1. The SMILES string of the molecule is CSCCN1CCNC(Cc2ccccc2)C1. The highest BCUT2D eigenvalue weighted by atomic mass is 32.2. The van der Waals surface area contributed by atoms with Crippen molar-refractivity contribution in [1.29, 1.82) is 0 Å². The Balaban J connectivity index is 1.81. The lowest BCUT2D eigenvalue weighted by Gasteiger charge is -2.33. The van der Waals surface area contributed by atoms with Crippen LogP contribution in [0.2, 0.25) is 0 Å². The van der Waals surface area contributed by atoms with E-state index in [2.05, 4.69) is 46.8 Å². The molecule has 1 aromatic carbocycles. The Morgan fingerprint density at radius 3 is 2.94 bits per heavy atom. The summed E-state index contributed by atoms with van der Waals surface area (Å²) in [5, 5.41) is 3.63. The van der Waals surface area contributed by atoms with E-state index < -0.39 is 0 Å². The Labute approximate surface area is 109 Å². The maximum Gasteiger partial charge on any atom is 0.0235 e. The first-order valence-corrected chi connectivity index (χ1v) is 7.76. The van der Waals surface area contributed by atoms with Crippen LogP contribution in [0.4, 0.5) is 0 Å². The van der Waals surface area contributed by atoms with Gasteiger partial charge in [-0.05, 0) is 18.2 Å². The zero-order chi connectivity index (χ0) is 11.9. The third-order valence-corrected chi connectivity index (χ3v) is 3.87. The van der Waals surface area contributed by atoms with Gasteiger partial charge in [-0.1, -0.05) is 30.3 Å². The fourth-order valence-corrected chi connectivity index (χ4v) is 2.79. The normalized spacial score (nSPS) is 21.6. The third kappa shape index (κ3) is 4.34. The smallest absolute Gasteiger partial charge is 0.0235 e. The van der Waals surface area contributed by atoms with Gasteiger partial charge in [0, 0.05) is 38.0 Å². The van der Waals surface area contributed by atoms with Crippen molar-refractivity contribution >= 4 is 11.8 Å². The van der Waals surface area contributed by atoms with Gasteiger partial charge in [-0.3, -0.25) is 4.90 Å². The van der Waals surface area contributed by atoms with Gasteiger partial charge >= 0.3 is 0 Å². The molecule has 0 bridgehead atoms. The van der Waals surface area contributed by atoms with Crippen LogP contribution < -0.4 is 5.32 Å². The molecule has 3 heteroatoms. The number of benzene rings is 1. The Morgan fingerprint density at radius 2 is 2.18 bits per heavy atom. The molecule has 1 aliphatic rings. The molecule has 1 unspecified atom stereocenters. The second-order valence-electron chi connectivity index (χ2n) is 4.63. The van der Waals surface area contributed by atoms with Gasteiger partial charge in [-0.15, -0.1) is 0 Å². The first-order valence-electron chi connectivity index (χ1n) is 6.37. The minimum Gasteiger partial charge on any atom is -0.311 e. The van der Waals surface area contributed by atoms with Crippen molar-refractivity contribution < 1.29 is 0 Å². The molecule has 2 rings (SSSR count). The Bertz CT molecular complexity index is 315. The summed E-state index contributed by atoms with van der Waals surface area (Å²) in [5.41, 5.74) is 1.44. The number of piperazine rings is 1. The number of hydrogen-bond acceptors (Lipinski definition) is 3. The maximum atomic E-state index is 3.63. The van der Waals surface area contributed by atoms with Gasteiger partial charge in [0.25, 0.3) is 0 Å². The van der Waals surface area contributed by atoms with Gasteiger partial charge < -0.3 is 5.32 Å². The van der Waals surface area contributed by atoms with Gasteiger partial charge in [-0.2, -0.15) is 11.8 Å². The quantitative estimate of drug-likeness (QED) is 0.859. The van der Waals surface area contributed by atoms with E-state index in [-0.39, 0.29) is 0 Å². The van der Waals surface area contributed by atoms with E-state index in [0.29, 0.717) is 6.04 Å². The standard InChI is InChI=1S/C14H22N2S/c1-17-10-9-16-8-7-15-14(12-16)11-13-5-3-2-4-6-13/h2-6,14-15H,7-12H2,1H3. The highest BCUT2D eigenvalue weighted by Crippen LogP contribution is 2.08. The fourth-order valence-electron chi connectivity index (χ4n) is 2.35. The van der Waals surface area contributed by atoms with E-state index >= 15 is 0 Å². The van der Waals surface area contributed by atoms with Gasteiger partial charge in [0.2, 0.25) is 0 Å². The molecular weight excluding hydrogens is 228 g/mol. The van der Waals surface area contributed by atoms with Crippen molar-refractivity contribution in [3.8, 4) is 0 Å². The molecule has 0 amide bonds. The van der Waals surface area contributed by atoms with Crippen LogP contribution in [0.1, 0.15) is 5.56 Å². The number of thioether (sulfide) groups is 1. The monoisotopic (exact) mass is 250 g/mol. The van der Waals surface area contributed by atoms with Crippen LogP contribution in [-0.2, 0) is 6.42 Å². The van der Waals surface area contributed by atoms with Crippen LogP contribution in [0.5, 0.6) is 0 Å². The zero-order valence-electron chi connectivity index (χ0n) is 10.6. The van der Waals surface area contributed by atoms with Crippen LogP contribution in [0.15, 0.2) is 30.3 Å². The van der Waals surface area contributed by atoms with Crippen molar-refractivity contribution in [2.75, 3.05) is 38.2 Å².